The fraction of sp³-hybridized carbons (Fsp3) is 0.154. The molecule has 2 aromatic heterocycles. The molecule has 0 saturated carbocycles. The van der Waals surface area contributed by atoms with E-state index in [-0.39, 0.29) is 5.91 Å². The van der Waals surface area contributed by atoms with Gasteiger partial charge in [0, 0.05) is 18.0 Å². The van der Waals surface area contributed by atoms with Gasteiger partial charge < -0.3 is 0 Å². The third-order valence-electron chi connectivity index (χ3n) is 2.38. The van der Waals surface area contributed by atoms with E-state index in [1.807, 2.05) is 24.4 Å². The lowest BCUT2D eigenvalue weighted by Crippen LogP contribution is -2.19. The molecule has 4 nitrogen and oxygen atoms in total. The maximum atomic E-state index is 11.8. The summed E-state index contributed by atoms with van der Waals surface area (Å²) in [5, 5.41) is 6.16. The smallest absolute Gasteiger partial charge is 0.267 e. The first-order valence-electron chi connectivity index (χ1n) is 5.62. The number of carbonyl (C=O) groups excluding carboxylic acids is 1. The van der Waals surface area contributed by atoms with Gasteiger partial charge in [0.25, 0.3) is 5.91 Å². The normalized spacial score (nSPS) is 11.3. The second-order valence-electron chi connectivity index (χ2n) is 3.57. The Hall–Kier alpha value is -2.01. The molecule has 2 rings (SSSR count). The third-order valence-corrected chi connectivity index (χ3v) is 3.29. The van der Waals surface area contributed by atoms with Crippen LogP contribution < -0.4 is 5.43 Å². The number of nitrogens with one attached hydrogen (secondary N) is 1. The molecule has 18 heavy (non-hydrogen) atoms. The van der Waals surface area contributed by atoms with Crippen molar-refractivity contribution in [3.05, 3.63) is 52.5 Å². The van der Waals surface area contributed by atoms with Crippen molar-refractivity contribution in [3.8, 4) is 0 Å². The largest absolute Gasteiger partial charge is 0.271 e. The zero-order valence-electron chi connectivity index (χ0n) is 9.96. The summed E-state index contributed by atoms with van der Waals surface area (Å²) in [6, 6.07) is 7.27. The average molecular weight is 259 g/mol. The van der Waals surface area contributed by atoms with Crippen LogP contribution in [0.4, 0.5) is 0 Å². The number of nitrogens with zero attached hydrogens (tertiary/aromatic N) is 2. The first-order valence-corrected chi connectivity index (χ1v) is 6.50. The zero-order valence-corrected chi connectivity index (χ0v) is 10.8. The quantitative estimate of drug-likeness (QED) is 0.678. The topological polar surface area (TPSA) is 54.4 Å². The number of thiophene rings is 1. The van der Waals surface area contributed by atoms with Gasteiger partial charge in [-0.2, -0.15) is 5.10 Å². The van der Waals surface area contributed by atoms with Gasteiger partial charge in [-0.3, -0.25) is 9.78 Å². The van der Waals surface area contributed by atoms with E-state index in [1.165, 1.54) is 0 Å². The highest BCUT2D eigenvalue weighted by Gasteiger charge is 2.05. The van der Waals surface area contributed by atoms with E-state index < -0.39 is 0 Å². The average Bonchev–Trinajstić information content (AvgIpc) is 2.94. The van der Waals surface area contributed by atoms with Gasteiger partial charge in [0.2, 0.25) is 0 Å². The molecular formula is C13H13N3OS. The van der Waals surface area contributed by atoms with Crippen molar-refractivity contribution >= 4 is 23.0 Å². The van der Waals surface area contributed by atoms with Crippen LogP contribution in [0.5, 0.6) is 0 Å². The minimum Gasteiger partial charge on any atom is -0.267 e. The van der Waals surface area contributed by atoms with Crippen molar-refractivity contribution < 1.29 is 4.79 Å². The predicted molar refractivity (Wildman–Crippen MR) is 72.9 cm³/mol. The van der Waals surface area contributed by atoms with Crippen molar-refractivity contribution in [1.82, 2.24) is 10.4 Å². The van der Waals surface area contributed by atoms with Crippen LogP contribution in [0.2, 0.25) is 0 Å². The van der Waals surface area contributed by atoms with Crippen molar-refractivity contribution in [2.45, 2.75) is 13.3 Å². The number of rotatable bonds is 4. The number of aromatic nitrogens is 1. The molecule has 0 unspecified atom stereocenters. The van der Waals surface area contributed by atoms with E-state index in [4.69, 9.17) is 0 Å². The van der Waals surface area contributed by atoms with Gasteiger partial charge in [0.15, 0.2) is 0 Å². The molecule has 1 amide bonds. The molecule has 5 heteroatoms. The molecule has 92 valence electrons. The van der Waals surface area contributed by atoms with E-state index >= 15 is 0 Å². The summed E-state index contributed by atoms with van der Waals surface area (Å²) in [5.74, 6) is -0.222. The SMILES string of the molecule is CCC(=NNC(=O)c1ccncc1)c1cccs1. The minimum absolute atomic E-state index is 0.222. The number of hydrogen-bond acceptors (Lipinski definition) is 4. The molecule has 0 aliphatic carbocycles. The number of amides is 1. The Morgan fingerprint density at radius 3 is 2.78 bits per heavy atom. The van der Waals surface area contributed by atoms with Gasteiger partial charge in [0.1, 0.15) is 0 Å². The second-order valence-corrected chi connectivity index (χ2v) is 4.51. The Balaban J connectivity index is 2.08. The Labute approximate surface area is 109 Å². The highest BCUT2D eigenvalue weighted by molar-refractivity contribution is 7.12. The van der Waals surface area contributed by atoms with Crippen LogP contribution in [0.15, 0.2) is 47.1 Å². The van der Waals surface area contributed by atoms with Gasteiger partial charge >= 0.3 is 0 Å². The fourth-order valence-corrected chi connectivity index (χ4v) is 2.22. The summed E-state index contributed by atoms with van der Waals surface area (Å²) >= 11 is 1.61. The van der Waals surface area contributed by atoms with E-state index in [0.717, 1.165) is 17.0 Å². The molecule has 0 aromatic carbocycles. The van der Waals surface area contributed by atoms with Crippen LogP contribution in [0.3, 0.4) is 0 Å². The van der Waals surface area contributed by atoms with E-state index in [9.17, 15) is 4.79 Å². The van der Waals surface area contributed by atoms with Crippen LogP contribution in [0, 0.1) is 0 Å². The molecule has 0 spiro atoms. The molecule has 0 atom stereocenters. The number of pyridine rings is 1. The van der Waals surface area contributed by atoms with Gasteiger partial charge in [0.05, 0.1) is 10.6 Å². The van der Waals surface area contributed by atoms with E-state index in [2.05, 4.69) is 15.5 Å². The van der Waals surface area contributed by atoms with Gasteiger partial charge in [-0.15, -0.1) is 11.3 Å². The summed E-state index contributed by atoms with van der Waals surface area (Å²) in [4.78, 5) is 16.7. The maximum Gasteiger partial charge on any atom is 0.271 e. The lowest BCUT2D eigenvalue weighted by atomic mass is 10.2. The Kier molecular flexibility index (Phi) is 4.20. The molecule has 0 aliphatic heterocycles. The molecule has 1 N–H and O–H groups in total. The van der Waals surface area contributed by atoms with Crippen LogP contribution in [0.25, 0.3) is 0 Å². The van der Waals surface area contributed by atoms with Gasteiger partial charge in [-0.05, 0) is 30.0 Å². The first kappa shape index (κ1) is 12.4. The van der Waals surface area contributed by atoms with Crippen LogP contribution in [0.1, 0.15) is 28.6 Å². The standard InChI is InChI=1S/C13H13N3OS/c1-2-11(12-4-3-9-18-12)15-16-13(17)10-5-7-14-8-6-10/h3-9H,2H2,1H3,(H,16,17). The monoisotopic (exact) mass is 259 g/mol. The van der Waals surface area contributed by atoms with Crippen LogP contribution in [-0.2, 0) is 0 Å². The molecule has 0 saturated heterocycles. The summed E-state index contributed by atoms with van der Waals surface area (Å²) in [7, 11) is 0. The minimum atomic E-state index is -0.222. The molecule has 0 fully saturated rings. The maximum absolute atomic E-state index is 11.8. The van der Waals surface area contributed by atoms with E-state index in [1.54, 1.807) is 35.9 Å². The Bertz CT molecular complexity index is 535. The number of hydrogen-bond donors (Lipinski definition) is 1. The van der Waals surface area contributed by atoms with Gasteiger partial charge in [-0.1, -0.05) is 13.0 Å². The summed E-state index contributed by atoms with van der Waals surface area (Å²) in [6.45, 7) is 2.01. The summed E-state index contributed by atoms with van der Waals surface area (Å²) in [5.41, 5.74) is 4.00. The molecule has 2 aromatic rings. The molecule has 0 bridgehead atoms. The predicted octanol–water partition coefficient (Wildman–Crippen LogP) is 2.69. The highest BCUT2D eigenvalue weighted by Crippen LogP contribution is 2.11. The Morgan fingerprint density at radius 2 is 2.17 bits per heavy atom. The number of carbonyl (C=O) groups is 1. The molecular weight excluding hydrogens is 246 g/mol. The zero-order chi connectivity index (χ0) is 12.8. The van der Waals surface area contributed by atoms with Crippen molar-refractivity contribution in [1.29, 1.82) is 0 Å². The molecule has 0 radical (unpaired) electrons. The summed E-state index contributed by atoms with van der Waals surface area (Å²) in [6.07, 6.45) is 3.94. The van der Waals surface area contributed by atoms with Crippen molar-refractivity contribution in [2.24, 2.45) is 5.10 Å². The second kappa shape index (κ2) is 6.07. The molecule has 0 aliphatic rings. The van der Waals surface area contributed by atoms with Crippen molar-refractivity contribution in [3.63, 3.8) is 0 Å². The number of hydrazone groups is 1. The van der Waals surface area contributed by atoms with Gasteiger partial charge in [-0.25, -0.2) is 5.43 Å². The van der Waals surface area contributed by atoms with Crippen molar-refractivity contribution in [2.75, 3.05) is 0 Å². The highest BCUT2D eigenvalue weighted by atomic mass is 32.1. The Morgan fingerprint density at radius 1 is 1.39 bits per heavy atom. The lowest BCUT2D eigenvalue weighted by Gasteiger charge is -2.02. The third kappa shape index (κ3) is 3.01. The first-order chi connectivity index (χ1) is 8.81. The van der Waals surface area contributed by atoms with Crippen LogP contribution >= 0.6 is 11.3 Å². The lowest BCUT2D eigenvalue weighted by molar-refractivity contribution is 0.0954. The fourth-order valence-electron chi connectivity index (χ4n) is 1.44. The summed E-state index contributed by atoms with van der Waals surface area (Å²) < 4.78 is 0. The van der Waals surface area contributed by atoms with E-state index in [0.29, 0.717) is 5.56 Å². The van der Waals surface area contributed by atoms with Crippen LogP contribution in [-0.4, -0.2) is 16.6 Å². The molecule has 2 heterocycles.